The molecule has 0 saturated heterocycles. The third-order valence-corrected chi connectivity index (χ3v) is 2.99. The number of nitrogens with zero attached hydrogens (tertiary/aromatic N) is 2. The molecule has 0 unspecified atom stereocenters. The van der Waals surface area contributed by atoms with Crippen LogP contribution in [0.1, 0.15) is 19.5 Å². The summed E-state index contributed by atoms with van der Waals surface area (Å²) in [4.78, 5) is 0. The molecule has 0 saturated carbocycles. The Hall–Kier alpha value is -0.280. The molecular formula is C9H13ClN2S. The van der Waals surface area contributed by atoms with Crippen molar-refractivity contribution >= 4 is 23.4 Å². The van der Waals surface area contributed by atoms with Crippen LogP contribution in [0.2, 0.25) is 5.15 Å². The molecule has 0 spiro atoms. The Kier molecular flexibility index (Phi) is 4.53. The predicted octanol–water partition coefficient (Wildman–Crippen LogP) is 3.02. The highest BCUT2D eigenvalue weighted by Crippen LogP contribution is 2.13. The van der Waals surface area contributed by atoms with Gasteiger partial charge in [0.1, 0.15) is 0 Å². The van der Waals surface area contributed by atoms with E-state index < -0.39 is 0 Å². The Balaban J connectivity index is 2.33. The SMILES string of the molecule is CC(C)CSCc1ccc(Cl)nn1. The van der Waals surface area contributed by atoms with Crippen molar-refractivity contribution in [2.75, 3.05) is 5.75 Å². The van der Waals surface area contributed by atoms with Gasteiger partial charge >= 0.3 is 0 Å². The van der Waals surface area contributed by atoms with Gasteiger partial charge in [-0.2, -0.15) is 16.9 Å². The van der Waals surface area contributed by atoms with E-state index in [2.05, 4.69) is 24.0 Å². The van der Waals surface area contributed by atoms with Crippen molar-refractivity contribution in [3.63, 3.8) is 0 Å². The van der Waals surface area contributed by atoms with Crippen molar-refractivity contribution in [3.05, 3.63) is 23.0 Å². The zero-order valence-corrected chi connectivity index (χ0v) is 9.40. The Bertz CT molecular complexity index is 248. The second-order valence-electron chi connectivity index (χ2n) is 3.26. The normalized spacial score (nSPS) is 10.8. The van der Waals surface area contributed by atoms with E-state index in [1.54, 1.807) is 6.07 Å². The molecule has 13 heavy (non-hydrogen) atoms. The maximum absolute atomic E-state index is 5.62. The lowest BCUT2D eigenvalue weighted by Gasteiger charge is -2.02. The standard InChI is InChI=1S/C9H13ClN2S/c1-7(2)5-13-6-8-3-4-9(10)12-11-8/h3-4,7H,5-6H2,1-2H3. The zero-order valence-electron chi connectivity index (χ0n) is 7.83. The zero-order chi connectivity index (χ0) is 9.68. The largest absolute Gasteiger partial charge is 0.155 e. The van der Waals surface area contributed by atoms with Crippen molar-refractivity contribution in [1.29, 1.82) is 0 Å². The summed E-state index contributed by atoms with van der Waals surface area (Å²) in [7, 11) is 0. The van der Waals surface area contributed by atoms with E-state index >= 15 is 0 Å². The molecule has 0 bridgehead atoms. The molecule has 0 aliphatic carbocycles. The smallest absolute Gasteiger partial charge is 0.151 e. The molecule has 72 valence electrons. The van der Waals surface area contributed by atoms with Crippen LogP contribution in [0.3, 0.4) is 0 Å². The molecule has 0 aliphatic rings. The van der Waals surface area contributed by atoms with Gasteiger partial charge in [-0.3, -0.25) is 0 Å². The third kappa shape index (κ3) is 4.48. The monoisotopic (exact) mass is 216 g/mol. The number of rotatable bonds is 4. The Morgan fingerprint density at radius 2 is 2.15 bits per heavy atom. The molecule has 0 aromatic carbocycles. The molecule has 1 aromatic heterocycles. The molecule has 0 N–H and O–H groups in total. The molecule has 2 nitrogen and oxygen atoms in total. The first-order valence-corrected chi connectivity index (χ1v) is 5.77. The summed E-state index contributed by atoms with van der Waals surface area (Å²) < 4.78 is 0. The quantitative estimate of drug-likeness (QED) is 0.774. The van der Waals surface area contributed by atoms with Crippen molar-refractivity contribution in [1.82, 2.24) is 10.2 Å². The van der Waals surface area contributed by atoms with Crippen LogP contribution in [0.15, 0.2) is 12.1 Å². The summed E-state index contributed by atoms with van der Waals surface area (Å²) in [5, 5.41) is 8.21. The minimum atomic E-state index is 0.456. The first-order chi connectivity index (χ1) is 6.18. The lowest BCUT2D eigenvalue weighted by Crippen LogP contribution is -1.94. The van der Waals surface area contributed by atoms with Crippen molar-refractivity contribution < 1.29 is 0 Å². The van der Waals surface area contributed by atoms with Crippen molar-refractivity contribution in [3.8, 4) is 0 Å². The minimum absolute atomic E-state index is 0.456. The first-order valence-electron chi connectivity index (χ1n) is 4.24. The van der Waals surface area contributed by atoms with Crippen LogP contribution in [-0.4, -0.2) is 16.0 Å². The average molecular weight is 217 g/mol. The van der Waals surface area contributed by atoms with E-state index in [1.165, 1.54) is 0 Å². The van der Waals surface area contributed by atoms with E-state index in [0.29, 0.717) is 5.15 Å². The average Bonchev–Trinajstić information content (AvgIpc) is 2.08. The van der Waals surface area contributed by atoms with Crippen LogP contribution >= 0.6 is 23.4 Å². The van der Waals surface area contributed by atoms with E-state index in [-0.39, 0.29) is 0 Å². The number of hydrogen-bond donors (Lipinski definition) is 0. The highest BCUT2D eigenvalue weighted by atomic mass is 35.5. The fourth-order valence-electron chi connectivity index (χ4n) is 0.820. The summed E-state index contributed by atoms with van der Waals surface area (Å²) in [5.41, 5.74) is 0.995. The van der Waals surface area contributed by atoms with E-state index in [0.717, 1.165) is 23.1 Å². The summed E-state index contributed by atoms with van der Waals surface area (Å²) >= 11 is 7.49. The topological polar surface area (TPSA) is 25.8 Å². The van der Waals surface area contributed by atoms with Gasteiger partial charge in [-0.25, -0.2) is 0 Å². The van der Waals surface area contributed by atoms with Crippen LogP contribution in [0.5, 0.6) is 0 Å². The molecular weight excluding hydrogens is 204 g/mol. The predicted molar refractivity (Wildman–Crippen MR) is 58.0 cm³/mol. The molecule has 0 amide bonds. The van der Waals surface area contributed by atoms with Gasteiger partial charge in [0.15, 0.2) is 5.15 Å². The summed E-state index contributed by atoms with van der Waals surface area (Å²) in [6.45, 7) is 4.42. The van der Waals surface area contributed by atoms with Gasteiger partial charge in [-0.05, 0) is 23.8 Å². The molecule has 4 heteroatoms. The van der Waals surface area contributed by atoms with E-state index in [9.17, 15) is 0 Å². The summed E-state index contributed by atoms with van der Waals surface area (Å²) in [6, 6.07) is 3.70. The van der Waals surface area contributed by atoms with E-state index in [1.807, 2.05) is 17.8 Å². The number of thioether (sulfide) groups is 1. The second kappa shape index (κ2) is 5.45. The first kappa shape index (κ1) is 10.8. The van der Waals surface area contributed by atoms with Crippen LogP contribution in [-0.2, 0) is 5.75 Å². The summed E-state index contributed by atoms with van der Waals surface area (Å²) in [5.74, 6) is 2.80. The van der Waals surface area contributed by atoms with Crippen molar-refractivity contribution in [2.45, 2.75) is 19.6 Å². The Morgan fingerprint density at radius 3 is 2.69 bits per heavy atom. The highest BCUT2D eigenvalue weighted by Gasteiger charge is 1.98. The fraction of sp³-hybridized carbons (Fsp3) is 0.556. The Morgan fingerprint density at radius 1 is 1.38 bits per heavy atom. The van der Waals surface area contributed by atoms with Gasteiger partial charge < -0.3 is 0 Å². The van der Waals surface area contributed by atoms with Crippen LogP contribution in [0.25, 0.3) is 0 Å². The van der Waals surface area contributed by atoms with Gasteiger partial charge in [0, 0.05) is 5.75 Å². The lowest BCUT2D eigenvalue weighted by atomic mass is 10.3. The minimum Gasteiger partial charge on any atom is -0.155 e. The second-order valence-corrected chi connectivity index (χ2v) is 4.67. The Labute approximate surface area is 88.1 Å². The van der Waals surface area contributed by atoms with Gasteiger partial charge in [-0.15, -0.1) is 5.10 Å². The molecule has 1 aromatic rings. The maximum atomic E-state index is 5.62. The van der Waals surface area contributed by atoms with Crippen LogP contribution in [0, 0.1) is 5.92 Å². The number of halogens is 1. The molecule has 0 fully saturated rings. The van der Waals surface area contributed by atoms with Gasteiger partial charge in [-0.1, -0.05) is 25.4 Å². The van der Waals surface area contributed by atoms with Crippen molar-refractivity contribution in [2.24, 2.45) is 5.92 Å². The third-order valence-electron chi connectivity index (χ3n) is 1.39. The van der Waals surface area contributed by atoms with Gasteiger partial charge in [0.05, 0.1) is 5.69 Å². The fourth-order valence-corrected chi connectivity index (χ4v) is 1.87. The number of hydrogen-bond acceptors (Lipinski definition) is 3. The maximum Gasteiger partial charge on any atom is 0.151 e. The van der Waals surface area contributed by atoms with E-state index in [4.69, 9.17) is 11.6 Å². The number of aromatic nitrogens is 2. The summed E-state index contributed by atoms with van der Waals surface area (Å²) in [6.07, 6.45) is 0. The van der Waals surface area contributed by atoms with Gasteiger partial charge in [0.2, 0.25) is 0 Å². The molecule has 1 heterocycles. The van der Waals surface area contributed by atoms with Gasteiger partial charge in [0.25, 0.3) is 0 Å². The highest BCUT2D eigenvalue weighted by molar-refractivity contribution is 7.98. The molecule has 0 aliphatic heterocycles. The molecule has 0 radical (unpaired) electrons. The molecule has 1 rings (SSSR count). The van der Waals surface area contributed by atoms with Crippen LogP contribution in [0.4, 0.5) is 0 Å². The van der Waals surface area contributed by atoms with Crippen LogP contribution < -0.4 is 0 Å². The lowest BCUT2D eigenvalue weighted by molar-refractivity contribution is 0.750. The molecule has 0 atom stereocenters.